The molecule has 0 radical (unpaired) electrons. The Morgan fingerprint density at radius 3 is 1.05 bits per heavy atom. The van der Waals surface area contributed by atoms with Gasteiger partial charge in [-0.1, -0.05) is 213 Å². The SMILES string of the molecule is CC/C=C\C/C=C\C/C=C\C/C=C\C/C=C\CCCC(=O)OC(CO)COC(=O)CCCCCCCCCCCCCCCCCC/C=C\C/C=C\C/C=C\C/C=C\CC. The van der Waals surface area contributed by atoms with E-state index in [2.05, 4.69) is 123 Å². The van der Waals surface area contributed by atoms with Gasteiger partial charge in [0.15, 0.2) is 6.10 Å². The monoisotopic (exact) mass is 831 g/mol. The number of ether oxygens (including phenoxy) is 2. The lowest BCUT2D eigenvalue weighted by Gasteiger charge is -2.15. The van der Waals surface area contributed by atoms with Crippen molar-refractivity contribution in [3.8, 4) is 0 Å². The van der Waals surface area contributed by atoms with Crippen molar-refractivity contribution in [3.63, 3.8) is 0 Å². The zero-order chi connectivity index (χ0) is 43.5. The lowest BCUT2D eigenvalue weighted by molar-refractivity contribution is -0.161. The third kappa shape index (κ3) is 47.2. The van der Waals surface area contributed by atoms with Gasteiger partial charge in [-0.25, -0.2) is 0 Å². The molecule has 0 saturated carbocycles. The first-order chi connectivity index (χ1) is 29.6. The van der Waals surface area contributed by atoms with E-state index in [1.165, 1.54) is 89.9 Å². The minimum absolute atomic E-state index is 0.0936. The van der Waals surface area contributed by atoms with Crippen LogP contribution in [-0.2, 0) is 19.1 Å². The van der Waals surface area contributed by atoms with E-state index in [9.17, 15) is 14.7 Å². The van der Waals surface area contributed by atoms with Crippen LogP contribution in [0.25, 0.3) is 0 Å². The predicted molar refractivity (Wildman–Crippen MR) is 260 cm³/mol. The van der Waals surface area contributed by atoms with Crippen LogP contribution in [0.15, 0.2) is 109 Å². The second-order valence-electron chi connectivity index (χ2n) is 15.8. The summed E-state index contributed by atoms with van der Waals surface area (Å²) in [7, 11) is 0. The summed E-state index contributed by atoms with van der Waals surface area (Å²) < 4.78 is 10.6. The van der Waals surface area contributed by atoms with Crippen LogP contribution in [0.1, 0.15) is 206 Å². The molecule has 1 unspecified atom stereocenters. The molecular weight excluding hydrogens is 741 g/mol. The van der Waals surface area contributed by atoms with Gasteiger partial charge in [-0.3, -0.25) is 9.59 Å². The molecule has 0 aromatic heterocycles. The van der Waals surface area contributed by atoms with Crippen molar-refractivity contribution >= 4 is 11.9 Å². The molecule has 60 heavy (non-hydrogen) atoms. The maximum Gasteiger partial charge on any atom is 0.306 e. The van der Waals surface area contributed by atoms with Crippen LogP contribution < -0.4 is 0 Å². The highest BCUT2D eigenvalue weighted by Crippen LogP contribution is 2.15. The Labute approximate surface area is 370 Å². The molecule has 1 N–H and O–H groups in total. The van der Waals surface area contributed by atoms with E-state index < -0.39 is 6.10 Å². The lowest BCUT2D eigenvalue weighted by atomic mass is 10.0. The molecule has 0 amide bonds. The maximum absolute atomic E-state index is 12.2. The van der Waals surface area contributed by atoms with Gasteiger partial charge in [0.25, 0.3) is 0 Å². The number of allylic oxidation sites excluding steroid dienone is 18. The van der Waals surface area contributed by atoms with E-state index >= 15 is 0 Å². The number of aliphatic hydroxyl groups excluding tert-OH is 1. The normalized spacial score (nSPS) is 13.2. The highest BCUT2D eigenvalue weighted by atomic mass is 16.6. The molecule has 0 aliphatic heterocycles. The molecule has 0 aliphatic rings. The average Bonchev–Trinajstić information content (AvgIpc) is 3.25. The van der Waals surface area contributed by atoms with Gasteiger partial charge in [0, 0.05) is 12.8 Å². The number of esters is 2. The summed E-state index contributed by atoms with van der Waals surface area (Å²) in [4.78, 5) is 24.4. The molecule has 5 heteroatoms. The first-order valence-corrected chi connectivity index (χ1v) is 24.4. The average molecular weight is 831 g/mol. The van der Waals surface area contributed by atoms with Crippen LogP contribution in [0.5, 0.6) is 0 Å². The minimum atomic E-state index is -0.807. The van der Waals surface area contributed by atoms with Crippen molar-refractivity contribution < 1.29 is 24.2 Å². The van der Waals surface area contributed by atoms with Crippen molar-refractivity contribution in [3.05, 3.63) is 109 Å². The van der Waals surface area contributed by atoms with Crippen LogP contribution >= 0.6 is 0 Å². The topological polar surface area (TPSA) is 72.8 Å². The van der Waals surface area contributed by atoms with Gasteiger partial charge >= 0.3 is 11.9 Å². The largest absolute Gasteiger partial charge is 0.462 e. The van der Waals surface area contributed by atoms with Crippen molar-refractivity contribution in [2.45, 2.75) is 213 Å². The van der Waals surface area contributed by atoms with Crippen LogP contribution in [0.2, 0.25) is 0 Å². The first kappa shape index (κ1) is 56.6. The van der Waals surface area contributed by atoms with Crippen LogP contribution in [0.4, 0.5) is 0 Å². The van der Waals surface area contributed by atoms with Crippen molar-refractivity contribution in [2.75, 3.05) is 13.2 Å². The van der Waals surface area contributed by atoms with Gasteiger partial charge in [0.2, 0.25) is 0 Å². The summed E-state index contributed by atoms with van der Waals surface area (Å²) in [6, 6.07) is 0. The fourth-order valence-electron chi connectivity index (χ4n) is 6.46. The van der Waals surface area contributed by atoms with Gasteiger partial charge in [-0.2, -0.15) is 0 Å². The van der Waals surface area contributed by atoms with Crippen molar-refractivity contribution in [2.24, 2.45) is 0 Å². The van der Waals surface area contributed by atoms with Gasteiger partial charge in [-0.15, -0.1) is 0 Å². The maximum atomic E-state index is 12.2. The standard InChI is InChI=1S/C55H90O5/c1-3-5-7-9-11-13-15-17-19-21-22-23-24-25-26-27-28-29-30-31-32-34-35-37-39-41-43-45-47-49-54(57)59-52-53(51-56)60-55(58)50-48-46-44-42-40-38-36-33-20-18-16-14-12-10-8-6-4-2/h5-8,11-14,17-20,22-23,36,38,42,44,53,56H,3-4,9-10,15-16,21,24-35,37,39-41,43,45-52H2,1-2H3/b7-5-,8-6-,13-11-,14-12-,19-17-,20-18-,23-22-,38-36-,44-42-. The fourth-order valence-corrected chi connectivity index (χ4v) is 6.46. The first-order valence-electron chi connectivity index (χ1n) is 24.4. The Morgan fingerprint density at radius 2 is 0.683 bits per heavy atom. The van der Waals surface area contributed by atoms with Gasteiger partial charge in [-0.05, 0) is 89.9 Å². The van der Waals surface area contributed by atoms with E-state index in [1.54, 1.807) is 0 Å². The summed E-state index contributed by atoms with van der Waals surface area (Å²) >= 11 is 0. The molecule has 340 valence electrons. The van der Waals surface area contributed by atoms with E-state index in [1.807, 2.05) is 0 Å². The van der Waals surface area contributed by atoms with Crippen LogP contribution in [0.3, 0.4) is 0 Å². The molecule has 0 aromatic carbocycles. The number of rotatable bonds is 43. The van der Waals surface area contributed by atoms with E-state index in [4.69, 9.17) is 9.47 Å². The Hall–Kier alpha value is -3.44. The molecule has 0 aromatic rings. The highest BCUT2D eigenvalue weighted by molar-refractivity contribution is 5.70. The molecule has 5 nitrogen and oxygen atoms in total. The van der Waals surface area contributed by atoms with E-state index in [0.717, 1.165) is 83.5 Å². The number of hydrogen-bond acceptors (Lipinski definition) is 5. The molecule has 0 spiro atoms. The second-order valence-corrected chi connectivity index (χ2v) is 15.8. The van der Waals surface area contributed by atoms with E-state index in [-0.39, 0.29) is 31.6 Å². The smallest absolute Gasteiger partial charge is 0.306 e. The van der Waals surface area contributed by atoms with Crippen LogP contribution in [-0.4, -0.2) is 36.4 Å². The number of carbonyl (C=O) groups is 2. The summed E-state index contributed by atoms with van der Waals surface area (Å²) in [5, 5.41) is 9.60. The van der Waals surface area contributed by atoms with Gasteiger partial charge in [0.1, 0.15) is 6.61 Å². The lowest BCUT2D eigenvalue weighted by Crippen LogP contribution is -2.28. The zero-order valence-corrected chi connectivity index (χ0v) is 38.7. The fraction of sp³-hybridized carbons (Fsp3) is 0.636. The summed E-state index contributed by atoms with van der Waals surface area (Å²) in [6.07, 6.45) is 71.9. The number of aliphatic hydroxyl groups is 1. The summed E-state index contributed by atoms with van der Waals surface area (Å²) in [6.45, 7) is 3.86. The van der Waals surface area contributed by atoms with Gasteiger partial charge < -0.3 is 14.6 Å². The molecular formula is C55H90O5. The quantitative estimate of drug-likeness (QED) is 0.0376. The third-order valence-corrected chi connectivity index (χ3v) is 10.1. The van der Waals surface area contributed by atoms with Crippen molar-refractivity contribution in [1.82, 2.24) is 0 Å². The Balaban J connectivity index is 3.56. The molecule has 0 bridgehead atoms. The zero-order valence-electron chi connectivity index (χ0n) is 38.7. The number of carbonyl (C=O) groups excluding carboxylic acids is 2. The molecule has 1 atom stereocenters. The Bertz CT molecular complexity index is 1210. The molecule has 0 heterocycles. The van der Waals surface area contributed by atoms with Crippen molar-refractivity contribution in [1.29, 1.82) is 0 Å². The summed E-state index contributed by atoms with van der Waals surface area (Å²) in [5.74, 6) is -0.663. The Morgan fingerprint density at radius 1 is 0.383 bits per heavy atom. The molecule has 0 rings (SSSR count). The number of hydrogen-bond donors (Lipinski definition) is 1. The molecule has 0 aliphatic carbocycles. The second kappa shape index (κ2) is 49.9. The molecule has 0 fully saturated rings. The summed E-state index contributed by atoms with van der Waals surface area (Å²) in [5.41, 5.74) is 0. The Kier molecular flexibility index (Phi) is 47.1. The van der Waals surface area contributed by atoms with E-state index in [0.29, 0.717) is 12.8 Å². The predicted octanol–water partition coefficient (Wildman–Crippen LogP) is 16.2. The van der Waals surface area contributed by atoms with Gasteiger partial charge in [0.05, 0.1) is 6.61 Å². The third-order valence-electron chi connectivity index (χ3n) is 10.1. The number of unbranched alkanes of at least 4 members (excludes halogenated alkanes) is 17. The molecule has 0 saturated heterocycles. The highest BCUT2D eigenvalue weighted by Gasteiger charge is 2.16. The van der Waals surface area contributed by atoms with Crippen LogP contribution in [0, 0.1) is 0 Å². The minimum Gasteiger partial charge on any atom is -0.462 e.